The number of fused-ring (bicyclic) bond motifs is 1. The molecule has 1 aliphatic rings. The molecule has 1 aliphatic heterocycles. The Bertz CT molecular complexity index is 471. The van der Waals surface area contributed by atoms with Gasteiger partial charge in [-0.25, -0.2) is 0 Å². The topological polar surface area (TPSA) is 64.6 Å². The molecule has 0 unspecified atom stereocenters. The van der Waals surface area contributed by atoms with Gasteiger partial charge in [0.2, 0.25) is 5.91 Å². The summed E-state index contributed by atoms with van der Waals surface area (Å²) in [5, 5.41) is 4.69. The number of hydrogen-bond acceptors (Lipinski definition) is 5. The highest BCUT2D eigenvalue weighted by molar-refractivity contribution is 7.10. The third-order valence-corrected chi connectivity index (χ3v) is 4.12. The summed E-state index contributed by atoms with van der Waals surface area (Å²) in [6.45, 7) is 2.97. The molecular formula is C14H19NO4S. The summed E-state index contributed by atoms with van der Waals surface area (Å²) in [5.74, 6) is -0.323. The minimum atomic E-state index is -0.251. The van der Waals surface area contributed by atoms with E-state index < -0.39 is 0 Å². The molecule has 1 aromatic rings. The zero-order valence-electron chi connectivity index (χ0n) is 11.5. The van der Waals surface area contributed by atoms with Crippen molar-refractivity contribution in [1.29, 1.82) is 0 Å². The van der Waals surface area contributed by atoms with E-state index in [2.05, 4.69) is 11.4 Å². The maximum atomic E-state index is 11.8. The van der Waals surface area contributed by atoms with Gasteiger partial charge in [-0.1, -0.05) is 0 Å². The van der Waals surface area contributed by atoms with Gasteiger partial charge < -0.3 is 14.8 Å². The highest BCUT2D eigenvalue weighted by atomic mass is 32.1. The van der Waals surface area contributed by atoms with E-state index >= 15 is 0 Å². The zero-order valence-corrected chi connectivity index (χ0v) is 12.3. The molecule has 0 bridgehead atoms. The number of rotatable bonds is 6. The lowest BCUT2D eigenvalue weighted by Gasteiger charge is -2.22. The molecule has 1 N–H and O–H groups in total. The maximum Gasteiger partial charge on any atom is 0.308 e. The molecule has 0 fully saturated rings. The number of ether oxygens (including phenoxy) is 2. The van der Waals surface area contributed by atoms with Crippen molar-refractivity contribution in [3.05, 3.63) is 21.9 Å². The largest absolute Gasteiger partial charge is 0.466 e. The van der Waals surface area contributed by atoms with Crippen LogP contribution in [0, 0.1) is 0 Å². The third kappa shape index (κ3) is 4.31. The molecule has 20 heavy (non-hydrogen) atoms. The molecule has 0 aromatic carbocycles. The van der Waals surface area contributed by atoms with Gasteiger partial charge in [0.15, 0.2) is 0 Å². The highest BCUT2D eigenvalue weighted by Crippen LogP contribution is 2.33. The summed E-state index contributed by atoms with van der Waals surface area (Å²) < 4.78 is 10.8. The third-order valence-electron chi connectivity index (χ3n) is 3.07. The van der Waals surface area contributed by atoms with E-state index in [0.29, 0.717) is 26.2 Å². The van der Waals surface area contributed by atoms with E-state index in [-0.39, 0.29) is 24.4 Å². The van der Waals surface area contributed by atoms with Crippen LogP contribution in [0.4, 0.5) is 0 Å². The molecule has 1 atom stereocenters. The Balaban J connectivity index is 1.69. The summed E-state index contributed by atoms with van der Waals surface area (Å²) in [6.07, 6.45) is 1.64. The van der Waals surface area contributed by atoms with Gasteiger partial charge in [-0.05, 0) is 29.9 Å². The molecule has 0 saturated carbocycles. The first kappa shape index (κ1) is 15.0. The van der Waals surface area contributed by atoms with Gasteiger partial charge in [-0.15, -0.1) is 11.3 Å². The Morgan fingerprint density at radius 3 is 3.20 bits per heavy atom. The molecule has 110 valence electrons. The minimum absolute atomic E-state index is 0.0721. The lowest BCUT2D eigenvalue weighted by molar-refractivity contribution is -0.147. The van der Waals surface area contributed by atoms with Gasteiger partial charge in [0.25, 0.3) is 0 Å². The van der Waals surface area contributed by atoms with E-state index in [1.807, 2.05) is 5.38 Å². The summed E-state index contributed by atoms with van der Waals surface area (Å²) in [6, 6.07) is 2.09. The van der Waals surface area contributed by atoms with Crippen molar-refractivity contribution in [2.24, 2.45) is 0 Å². The van der Waals surface area contributed by atoms with Crippen LogP contribution in [-0.2, 0) is 25.5 Å². The van der Waals surface area contributed by atoms with Crippen LogP contribution >= 0.6 is 11.3 Å². The van der Waals surface area contributed by atoms with Crippen molar-refractivity contribution in [1.82, 2.24) is 5.32 Å². The lowest BCUT2D eigenvalue weighted by Crippen LogP contribution is -2.23. The SMILES string of the molecule is CC(=O)NCCCOC(=O)C[C@H]1OCCc2ccsc21. The van der Waals surface area contributed by atoms with Crippen LogP contribution in [0.1, 0.15) is 36.3 Å². The maximum absolute atomic E-state index is 11.8. The van der Waals surface area contributed by atoms with Gasteiger partial charge in [0, 0.05) is 18.3 Å². The second-order valence-corrected chi connectivity index (χ2v) is 5.63. The standard InChI is InChI=1S/C14H19NO4S/c1-10(16)15-5-2-6-19-13(17)9-12-14-11(3-7-18-12)4-8-20-14/h4,8,12H,2-3,5-7,9H2,1H3,(H,15,16)/t12-/m1/s1. The fourth-order valence-electron chi connectivity index (χ4n) is 2.11. The van der Waals surface area contributed by atoms with Gasteiger partial charge in [0.1, 0.15) is 6.10 Å². The number of thiophene rings is 1. The van der Waals surface area contributed by atoms with Crippen molar-refractivity contribution in [2.75, 3.05) is 19.8 Å². The van der Waals surface area contributed by atoms with Crippen LogP contribution in [0.2, 0.25) is 0 Å². The first-order valence-electron chi connectivity index (χ1n) is 6.74. The van der Waals surface area contributed by atoms with Crippen LogP contribution in [0.15, 0.2) is 11.4 Å². The fraction of sp³-hybridized carbons (Fsp3) is 0.571. The monoisotopic (exact) mass is 297 g/mol. The van der Waals surface area contributed by atoms with E-state index in [0.717, 1.165) is 11.3 Å². The van der Waals surface area contributed by atoms with Crippen molar-refractivity contribution in [2.45, 2.75) is 32.3 Å². The summed E-state index contributed by atoms with van der Waals surface area (Å²) in [4.78, 5) is 23.6. The fourth-order valence-corrected chi connectivity index (χ4v) is 3.11. The van der Waals surface area contributed by atoms with Crippen LogP contribution in [-0.4, -0.2) is 31.6 Å². The minimum Gasteiger partial charge on any atom is -0.466 e. The van der Waals surface area contributed by atoms with Crippen molar-refractivity contribution >= 4 is 23.2 Å². The van der Waals surface area contributed by atoms with Crippen LogP contribution in [0.3, 0.4) is 0 Å². The summed E-state index contributed by atoms with van der Waals surface area (Å²) in [5.41, 5.74) is 1.28. The zero-order chi connectivity index (χ0) is 14.4. The normalized spacial score (nSPS) is 17.4. The first-order valence-corrected chi connectivity index (χ1v) is 7.62. The number of carbonyl (C=O) groups excluding carboxylic acids is 2. The van der Waals surface area contributed by atoms with Crippen molar-refractivity contribution < 1.29 is 19.1 Å². The number of hydrogen-bond donors (Lipinski definition) is 1. The number of carbonyl (C=O) groups is 2. The first-order chi connectivity index (χ1) is 9.66. The van der Waals surface area contributed by atoms with Crippen LogP contribution in [0.25, 0.3) is 0 Å². The Morgan fingerprint density at radius 2 is 2.40 bits per heavy atom. The summed E-state index contributed by atoms with van der Waals surface area (Å²) >= 11 is 1.63. The molecular weight excluding hydrogens is 278 g/mol. The van der Waals surface area contributed by atoms with E-state index in [1.165, 1.54) is 12.5 Å². The molecule has 6 heteroatoms. The van der Waals surface area contributed by atoms with Crippen LogP contribution < -0.4 is 5.32 Å². The van der Waals surface area contributed by atoms with Gasteiger partial charge in [-0.3, -0.25) is 9.59 Å². The molecule has 2 heterocycles. The van der Waals surface area contributed by atoms with Crippen molar-refractivity contribution in [3.8, 4) is 0 Å². The number of esters is 1. The second-order valence-electron chi connectivity index (χ2n) is 4.68. The van der Waals surface area contributed by atoms with Gasteiger partial charge in [0.05, 0.1) is 19.6 Å². The molecule has 0 aliphatic carbocycles. The molecule has 0 saturated heterocycles. The van der Waals surface area contributed by atoms with E-state index in [9.17, 15) is 9.59 Å². The molecule has 0 spiro atoms. The van der Waals surface area contributed by atoms with Gasteiger partial charge >= 0.3 is 5.97 Å². The quantitative estimate of drug-likeness (QED) is 0.642. The predicted molar refractivity (Wildman–Crippen MR) is 75.6 cm³/mol. The molecule has 2 rings (SSSR count). The molecule has 1 aromatic heterocycles. The van der Waals surface area contributed by atoms with E-state index in [1.54, 1.807) is 11.3 Å². The Hall–Kier alpha value is -1.40. The molecule has 0 radical (unpaired) electrons. The highest BCUT2D eigenvalue weighted by Gasteiger charge is 2.25. The molecule has 1 amide bonds. The molecule has 5 nitrogen and oxygen atoms in total. The smallest absolute Gasteiger partial charge is 0.308 e. The Morgan fingerprint density at radius 1 is 1.55 bits per heavy atom. The lowest BCUT2D eigenvalue weighted by atomic mass is 10.1. The van der Waals surface area contributed by atoms with Gasteiger partial charge in [-0.2, -0.15) is 0 Å². The predicted octanol–water partition coefficient (Wildman–Crippen LogP) is 1.82. The van der Waals surface area contributed by atoms with Crippen molar-refractivity contribution in [3.63, 3.8) is 0 Å². The average molecular weight is 297 g/mol. The Kier molecular flexibility index (Phi) is 5.55. The average Bonchev–Trinajstić information content (AvgIpc) is 2.87. The van der Waals surface area contributed by atoms with Crippen LogP contribution in [0.5, 0.6) is 0 Å². The number of amides is 1. The second kappa shape index (κ2) is 7.40. The number of nitrogens with one attached hydrogen (secondary N) is 1. The Labute approximate surface area is 122 Å². The summed E-state index contributed by atoms with van der Waals surface area (Å²) in [7, 11) is 0. The van der Waals surface area contributed by atoms with E-state index in [4.69, 9.17) is 9.47 Å².